The van der Waals surface area contributed by atoms with E-state index >= 15 is 0 Å². The van der Waals surface area contributed by atoms with Crippen LogP contribution in [0.1, 0.15) is 19.4 Å². The molecule has 30 heavy (non-hydrogen) atoms. The number of aryl methyl sites for hydroxylation is 1. The Bertz CT molecular complexity index is 1160. The number of sulfonamides is 1. The van der Waals surface area contributed by atoms with Gasteiger partial charge in [-0.1, -0.05) is 12.1 Å². The van der Waals surface area contributed by atoms with Gasteiger partial charge in [0.2, 0.25) is 10.0 Å². The van der Waals surface area contributed by atoms with E-state index in [1.165, 1.54) is 5.56 Å². The van der Waals surface area contributed by atoms with Crippen molar-refractivity contribution in [1.29, 1.82) is 0 Å². The van der Waals surface area contributed by atoms with E-state index in [-0.39, 0.29) is 10.9 Å². The zero-order chi connectivity index (χ0) is 21.3. The lowest BCUT2D eigenvalue weighted by molar-refractivity contribution is 0.341. The highest BCUT2D eigenvalue weighted by molar-refractivity contribution is 7.89. The molecule has 0 aliphatic carbocycles. The molecule has 0 spiro atoms. The number of rotatable bonds is 5. The van der Waals surface area contributed by atoms with Gasteiger partial charge in [0.05, 0.1) is 11.5 Å². The highest BCUT2D eigenvalue weighted by atomic mass is 32.2. The third-order valence-electron chi connectivity index (χ3n) is 5.53. The highest BCUT2D eigenvalue weighted by Gasteiger charge is 2.33. The molecule has 7 heteroatoms. The smallest absolute Gasteiger partial charge is 0.243 e. The van der Waals surface area contributed by atoms with Crippen molar-refractivity contribution < 1.29 is 13.2 Å². The first kappa shape index (κ1) is 20.6. The maximum absolute atomic E-state index is 13.6. The van der Waals surface area contributed by atoms with E-state index < -0.39 is 10.0 Å². The molecule has 1 aliphatic heterocycles. The first-order valence-electron chi connectivity index (χ1n) is 10.3. The Morgan fingerprint density at radius 1 is 1.13 bits per heavy atom. The summed E-state index contributed by atoms with van der Waals surface area (Å²) in [5, 5.41) is 0.595. The highest BCUT2D eigenvalue weighted by Crippen LogP contribution is 2.32. The molecule has 0 unspecified atom stereocenters. The monoisotopic (exact) mass is 425 g/mol. The number of hydrogen-bond donors (Lipinski definition) is 0. The van der Waals surface area contributed by atoms with Crippen LogP contribution in [-0.2, 0) is 10.0 Å². The number of anilines is 1. The summed E-state index contributed by atoms with van der Waals surface area (Å²) in [4.78, 5) is 6.94. The van der Waals surface area contributed by atoms with Gasteiger partial charge >= 0.3 is 0 Å². The minimum atomic E-state index is -3.66. The molecule has 1 fully saturated rings. The number of piperazine rings is 1. The lowest BCUT2D eigenvalue weighted by Gasteiger charge is -2.40. The second-order valence-corrected chi connectivity index (χ2v) is 9.55. The van der Waals surface area contributed by atoms with Gasteiger partial charge in [-0.25, -0.2) is 8.42 Å². The number of aromatic nitrogens is 1. The fourth-order valence-electron chi connectivity index (χ4n) is 4.09. The van der Waals surface area contributed by atoms with Crippen LogP contribution in [0, 0.1) is 6.92 Å². The van der Waals surface area contributed by atoms with E-state index in [2.05, 4.69) is 41.9 Å². The minimum absolute atomic E-state index is 0.0717. The lowest BCUT2D eigenvalue weighted by Crippen LogP contribution is -2.53. The predicted molar refractivity (Wildman–Crippen MR) is 120 cm³/mol. The van der Waals surface area contributed by atoms with Crippen LogP contribution < -0.4 is 9.64 Å². The molecule has 4 rings (SSSR count). The van der Waals surface area contributed by atoms with Crippen LogP contribution in [0.3, 0.4) is 0 Å². The fraction of sp³-hybridized carbons (Fsp3) is 0.348. The Balaban J connectivity index is 1.65. The summed E-state index contributed by atoms with van der Waals surface area (Å²) in [6.45, 7) is 8.06. The van der Waals surface area contributed by atoms with E-state index in [0.29, 0.717) is 42.9 Å². The second-order valence-electron chi connectivity index (χ2n) is 7.64. The predicted octanol–water partition coefficient (Wildman–Crippen LogP) is 3.84. The zero-order valence-corrected chi connectivity index (χ0v) is 18.4. The van der Waals surface area contributed by atoms with E-state index in [9.17, 15) is 8.42 Å². The van der Waals surface area contributed by atoms with Crippen LogP contribution in [-0.4, -0.2) is 50.0 Å². The van der Waals surface area contributed by atoms with Crippen molar-refractivity contribution >= 4 is 26.6 Å². The summed E-state index contributed by atoms with van der Waals surface area (Å²) in [6, 6.07) is 15.3. The van der Waals surface area contributed by atoms with Gasteiger partial charge in [-0.05, 0) is 62.7 Å². The van der Waals surface area contributed by atoms with E-state index in [1.54, 1.807) is 34.8 Å². The molecule has 0 amide bonds. The maximum Gasteiger partial charge on any atom is 0.243 e. The van der Waals surface area contributed by atoms with Gasteiger partial charge in [-0.15, -0.1) is 0 Å². The Hall–Kier alpha value is -2.64. The van der Waals surface area contributed by atoms with Crippen molar-refractivity contribution in [1.82, 2.24) is 9.29 Å². The molecule has 158 valence electrons. The first-order chi connectivity index (χ1) is 14.4. The van der Waals surface area contributed by atoms with Crippen LogP contribution in [0.25, 0.3) is 10.9 Å². The third-order valence-corrected chi connectivity index (χ3v) is 7.46. The number of hydrogen-bond acceptors (Lipinski definition) is 5. The molecule has 1 atom stereocenters. The van der Waals surface area contributed by atoms with Crippen molar-refractivity contribution in [2.45, 2.75) is 31.7 Å². The standard InChI is InChI=1S/C23H27N3O3S/c1-4-29-21-10-11-22(20-9-6-12-24-23(20)21)30(27,28)25-13-14-26(18(3)16-25)19-8-5-7-17(2)15-19/h5-12,15,18H,4,13-14,16H2,1-3H3/t18-/m0/s1. The van der Waals surface area contributed by atoms with E-state index in [1.807, 2.05) is 13.0 Å². The van der Waals surface area contributed by atoms with Gasteiger partial charge in [0, 0.05) is 42.9 Å². The molecule has 1 aliphatic rings. The van der Waals surface area contributed by atoms with Gasteiger partial charge < -0.3 is 9.64 Å². The van der Waals surface area contributed by atoms with Gasteiger partial charge in [-0.3, -0.25) is 4.98 Å². The molecule has 2 aromatic carbocycles. The van der Waals surface area contributed by atoms with Crippen molar-refractivity contribution in [3.63, 3.8) is 0 Å². The SMILES string of the molecule is CCOc1ccc(S(=O)(=O)N2CCN(c3cccc(C)c3)[C@@H](C)C2)c2cccnc12. The van der Waals surface area contributed by atoms with Crippen LogP contribution in [0.15, 0.2) is 59.6 Å². The normalized spacial score (nSPS) is 18.0. The summed E-state index contributed by atoms with van der Waals surface area (Å²) in [5.41, 5.74) is 2.91. The molecule has 2 heterocycles. The number of ether oxygens (including phenoxy) is 1. The second kappa shape index (κ2) is 8.24. The molecule has 0 bridgehead atoms. The maximum atomic E-state index is 13.6. The first-order valence-corrected chi connectivity index (χ1v) is 11.7. The van der Waals surface area contributed by atoms with Crippen molar-refractivity contribution in [3.8, 4) is 5.75 Å². The van der Waals surface area contributed by atoms with Crippen LogP contribution in [0.5, 0.6) is 5.75 Å². The van der Waals surface area contributed by atoms with Gasteiger partial charge in [-0.2, -0.15) is 4.31 Å². The summed E-state index contributed by atoms with van der Waals surface area (Å²) in [7, 11) is -3.66. The van der Waals surface area contributed by atoms with Crippen molar-refractivity contribution in [3.05, 3.63) is 60.3 Å². The molecule has 1 aromatic heterocycles. The molecule has 1 saturated heterocycles. The topological polar surface area (TPSA) is 62.7 Å². The number of fused-ring (bicyclic) bond motifs is 1. The number of nitrogens with zero attached hydrogens (tertiary/aromatic N) is 3. The van der Waals surface area contributed by atoms with Gasteiger partial charge in [0.1, 0.15) is 11.3 Å². The Morgan fingerprint density at radius 3 is 2.70 bits per heavy atom. The molecule has 0 radical (unpaired) electrons. The Morgan fingerprint density at radius 2 is 1.97 bits per heavy atom. The lowest BCUT2D eigenvalue weighted by atomic mass is 10.1. The molecule has 0 N–H and O–H groups in total. The van der Waals surface area contributed by atoms with Crippen LogP contribution >= 0.6 is 0 Å². The van der Waals surface area contributed by atoms with E-state index in [0.717, 1.165) is 5.69 Å². The number of benzene rings is 2. The largest absolute Gasteiger partial charge is 0.492 e. The zero-order valence-electron chi connectivity index (χ0n) is 17.6. The Labute approximate surface area is 178 Å². The summed E-state index contributed by atoms with van der Waals surface area (Å²) >= 11 is 0. The van der Waals surface area contributed by atoms with Crippen LogP contribution in [0.2, 0.25) is 0 Å². The molecular formula is C23H27N3O3S. The third kappa shape index (κ3) is 3.75. The number of pyridine rings is 1. The summed E-state index contributed by atoms with van der Waals surface area (Å²) in [5.74, 6) is 0.602. The summed E-state index contributed by atoms with van der Waals surface area (Å²) < 4.78 is 34.3. The average Bonchev–Trinajstić information content (AvgIpc) is 2.74. The van der Waals surface area contributed by atoms with Crippen LogP contribution in [0.4, 0.5) is 5.69 Å². The molecule has 3 aromatic rings. The quantitative estimate of drug-likeness (QED) is 0.622. The molecule has 0 saturated carbocycles. The van der Waals surface area contributed by atoms with Gasteiger partial charge in [0.25, 0.3) is 0 Å². The fourth-order valence-corrected chi connectivity index (χ4v) is 5.78. The van der Waals surface area contributed by atoms with Gasteiger partial charge in [0.15, 0.2) is 0 Å². The minimum Gasteiger partial charge on any atom is -0.492 e. The van der Waals surface area contributed by atoms with Crippen molar-refractivity contribution in [2.24, 2.45) is 0 Å². The molecular weight excluding hydrogens is 398 g/mol. The molecule has 6 nitrogen and oxygen atoms in total. The van der Waals surface area contributed by atoms with Crippen molar-refractivity contribution in [2.75, 3.05) is 31.1 Å². The summed E-state index contributed by atoms with van der Waals surface area (Å²) in [6.07, 6.45) is 1.66. The average molecular weight is 426 g/mol. The van der Waals surface area contributed by atoms with E-state index in [4.69, 9.17) is 4.74 Å². The Kier molecular flexibility index (Phi) is 5.66.